The minimum atomic E-state index is -3.66. The first-order valence-corrected chi connectivity index (χ1v) is 11.6. The zero-order valence-corrected chi connectivity index (χ0v) is 17.3. The van der Waals surface area contributed by atoms with Crippen LogP contribution >= 0.6 is 11.3 Å². The third-order valence-electron chi connectivity index (χ3n) is 4.74. The number of nitrogen functional groups attached to an aromatic ring is 1. The summed E-state index contributed by atoms with van der Waals surface area (Å²) in [5.74, 6) is 0. The Hall–Kier alpha value is -2.87. The van der Waals surface area contributed by atoms with E-state index in [0.29, 0.717) is 12.2 Å². The van der Waals surface area contributed by atoms with Gasteiger partial charge in [0.05, 0.1) is 4.90 Å². The van der Waals surface area contributed by atoms with Crippen molar-refractivity contribution in [1.82, 2.24) is 0 Å². The molecule has 1 heterocycles. The zero-order valence-electron chi connectivity index (χ0n) is 15.6. The highest BCUT2D eigenvalue weighted by Gasteiger charge is 2.09. The van der Waals surface area contributed by atoms with Crippen LogP contribution in [0.2, 0.25) is 0 Å². The Morgan fingerprint density at radius 3 is 2.48 bits per heavy atom. The summed E-state index contributed by atoms with van der Waals surface area (Å²) in [5.41, 5.74) is 11.1. The topological polar surface area (TPSA) is 98.2 Å². The predicted molar refractivity (Wildman–Crippen MR) is 122 cm³/mol. The van der Waals surface area contributed by atoms with E-state index in [2.05, 4.69) is 28.9 Å². The van der Waals surface area contributed by atoms with Crippen molar-refractivity contribution in [2.75, 3.05) is 17.6 Å². The molecule has 7 heteroatoms. The van der Waals surface area contributed by atoms with Gasteiger partial charge in [-0.25, -0.2) is 13.6 Å². The summed E-state index contributed by atoms with van der Waals surface area (Å²) < 4.78 is 23.9. The van der Waals surface area contributed by atoms with Gasteiger partial charge in [0.2, 0.25) is 10.0 Å². The third kappa shape index (κ3) is 4.42. The van der Waals surface area contributed by atoms with Crippen molar-refractivity contribution >= 4 is 42.8 Å². The molecule has 0 fully saturated rings. The molecule has 0 aliphatic carbocycles. The van der Waals surface area contributed by atoms with E-state index in [1.165, 1.54) is 27.8 Å². The zero-order chi connectivity index (χ0) is 20.4. The number of nitrogens with two attached hydrogens (primary N) is 2. The van der Waals surface area contributed by atoms with Gasteiger partial charge in [0, 0.05) is 33.6 Å². The normalized spacial score (nSPS) is 11.6. The lowest BCUT2D eigenvalue weighted by molar-refractivity contribution is 0.598. The largest absolute Gasteiger partial charge is 0.399 e. The van der Waals surface area contributed by atoms with Crippen molar-refractivity contribution in [3.05, 3.63) is 77.7 Å². The maximum Gasteiger partial charge on any atom is 0.238 e. The molecule has 29 heavy (non-hydrogen) atoms. The van der Waals surface area contributed by atoms with Gasteiger partial charge in [-0.1, -0.05) is 30.3 Å². The molecule has 1 aromatic heterocycles. The molecule has 0 saturated heterocycles. The van der Waals surface area contributed by atoms with Crippen LogP contribution in [-0.4, -0.2) is 15.0 Å². The van der Waals surface area contributed by atoms with E-state index in [1.807, 2.05) is 24.3 Å². The minimum Gasteiger partial charge on any atom is -0.399 e. The number of benzene rings is 3. The number of fused-ring (bicyclic) bond motifs is 1. The Morgan fingerprint density at radius 2 is 1.72 bits per heavy atom. The molecule has 4 aromatic rings. The number of hydrogen-bond donors (Lipinski definition) is 3. The first-order chi connectivity index (χ1) is 13.9. The van der Waals surface area contributed by atoms with Gasteiger partial charge in [-0.15, -0.1) is 11.3 Å². The Labute approximate surface area is 174 Å². The molecular weight excluding hydrogens is 402 g/mol. The lowest BCUT2D eigenvalue weighted by atomic mass is 10.0. The highest BCUT2D eigenvalue weighted by Crippen LogP contribution is 2.35. The second-order valence-electron chi connectivity index (χ2n) is 6.85. The fourth-order valence-electron chi connectivity index (χ4n) is 3.31. The van der Waals surface area contributed by atoms with Crippen LogP contribution in [-0.2, 0) is 16.4 Å². The van der Waals surface area contributed by atoms with Crippen LogP contribution in [0.3, 0.4) is 0 Å². The van der Waals surface area contributed by atoms with Crippen molar-refractivity contribution < 1.29 is 8.42 Å². The summed E-state index contributed by atoms with van der Waals surface area (Å²) in [6, 6.07) is 21.0. The van der Waals surface area contributed by atoms with Crippen LogP contribution in [0.25, 0.3) is 21.2 Å². The number of rotatable bonds is 6. The lowest BCUT2D eigenvalue weighted by Crippen LogP contribution is -2.12. The predicted octanol–water partition coefficient (Wildman–Crippen LogP) is 4.45. The Bertz CT molecular complexity index is 1260. The van der Waals surface area contributed by atoms with E-state index < -0.39 is 10.0 Å². The molecule has 0 atom stereocenters. The molecule has 5 nitrogen and oxygen atoms in total. The third-order valence-corrected chi connectivity index (χ3v) is 6.63. The van der Waals surface area contributed by atoms with Gasteiger partial charge in [0.15, 0.2) is 0 Å². The van der Waals surface area contributed by atoms with E-state index in [4.69, 9.17) is 10.9 Å². The highest BCUT2D eigenvalue weighted by molar-refractivity contribution is 7.89. The smallest absolute Gasteiger partial charge is 0.238 e. The van der Waals surface area contributed by atoms with Crippen LogP contribution in [0.5, 0.6) is 0 Å². The van der Waals surface area contributed by atoms with Crippen LogP contribution in [0.15, 0.2) is 77.0 Å². The van der Waals surface area contributed by atoms with Crippen LogP contribution in [0.4, 0.5) is 11.4 Å². The van der Waals surface area contributed by atoms with E-state index in [1.54, 1.807) is 23.5 Å². The molecule has 5 N–H and O–H groups in total. The summed E-state index contributed by atoms with van der Waals surface area (Å²) in [4.78, 5) is 0.123. The van der Waals surface area contributed by atoms with E-state index in [0.717, 1.165) is 23.2 Å². The standard InChI is InChI=1S/C22H21N3O2S2/c23-17-11-16(21-14-28-22-4-2-1-3-20(21)22)12-18(13-17)25-10-9-15-5-7-19(8-6-15)29(24,26)27/h1-8,11-14,25H,9-10,23H2,(H2,24,26,27). The number of sulfonamides is 1. The molecule has 0 radical (unpaired) electrons. The second kappa shape index (κ2) is 7.87. The molecule has 0 aliphatic rings. The Balaban J connectivity index is 1.48. The maximum absolute atomic E-state index is 11.3. The molecule has 0 spiro atoms. The highest BCUT2D eigenvalue weighted by atomic mass is 32.2. The van der Waals surface area contributed by atoms with Crippen molar-refractivity contribution in [3.8, 4) is 11.1 Å². The molecule has 3 aromatic carbocycles. The van der Waals surface area contributed by atoms with Gasteiger partial charge in [-0.2, -0.15) is 0 Å². The number of anilines is 2. The van der Waals surface area contributed by atoms with Gasteiger partial charge in [-0.05, 0) is 59.3 Å². The quantitative estimate of drug-likeness (QED) is 0.399. The van der Waals surface area contributed by atoms with Gasteiger partial charge < -0.3 is 11.1 Å². The van der Waals surface area contributed by atoms with Crippen molar-refractivity contribution in [3.63, 3.8) is 0 Å². The van der Waals surface area contributed by atoms with E-state index >= 15 is 0 Å². The fourth-order valence-corrected chi connectivity index (χ4v) is 4.79. The molecule has 4 rings (SSSR count). The van der Waals surface area contributed by atoms with Crippen LogP contribution in [0.1, 0.15) is 5.56 Å². The van der Waals surface area contributed by atoms with Crippen molar-refractivity contribution in [2.24, 2.45) is 5.14 Å². The summed E-state index contributed by atoms with van der Waals surface area (Å²) in [5, 5.41) is 11.9. The number of hydrogen-bond acceptors (Lipinski definition) is 5. The van der Waals surface area contributed by atoms with Gasteiger partial charge in [0.1, 0.15) is 0 Å². The first-order valence-electron chi connectivity index (χ1n) is 9.13. The van der Waals surface area contributed by atoms with Gasteiger partial charge in [-0.3, -0.25) is 0 Å². The molecule has 0 aliphatic heterocycles. The second-order valence-corrected chi connectivity index (χ2v) is 9.33. The number of thiophene rings is 1. The van der Waals surface area contributed by atoms with E-state index in [9.17, 15) is 8.42 Å². The fraction of sp³-hybridized carbons (Fsp3) is 0.0909. The van der Waals surface area contributed by atoms with Crippen molar-refractivity contribution in [1.29, 1.82) is 0 Å². The first kappa shape index (κ1) is 19.4. The average molecular weight is 424 g/mol. The number of nitrogens with one attached hydrogen (secondary N) is 1. The lowest BCUT2D eigenvalue weighted by Gasteiger charge is -2.10. The summed E-state index contributed by atoms with van der Waals surface area (Å²) in [6.45, 7) is 0.696. The average Bonchev–Trinajstić information content (AvgIpc) is 3.11. The molecule has 0 amide bonds. The number of primary sulfonamides is 1. The summed E-state index contributed by atoms with van der Waals surface area (Å²) in [6.07, 6.45) is 0.746. The minimum absolute atomic E-state index is 0.123. The molecule has 148 valence electrons. The molecular formula is C22H21N3O2S2. The Morgan fingerprint density at radius 1 is 0.966 bits per heavy atom. The Kier molecular flexibility index (Phi) is 5.27. The van der Waals surface area contributed by atoms with Gasteiger partial charge >= 0.3 is 0 Å². The van der Waals surface area contributed by atoms with Gasteiger partial charge in [0.25, 0.3) is 0 Å². The van der Waals surface area contributed by atoms with E-state index in [-0.39, 0.29) is 4.90 Å². The SMILES string of the molecule is Nc1cc(NCCc2ccc(S(N)(=O)=O)cc2)cc(-c2csc3ccccc23)c1. The molecule has 0 bridgehead atoms. The van der Waals surface area contributed by atoms with Crippen LogP contribution in [0, 0.1) is 0 Å². The van der Waals surface area contributed by atoms with Crippen LogP contribution < -0.4 is 16.2 Å². The summed E-state index contributed by atoms with van der Waals surface area (Å²) in [7, 11) is -3.66. The summed E-state index contributed by atoms with van der Waals surface area (Å²) >= 11 is 1.73. The van der Waals surface area contributed by atoms with Crippen molar-refractivity contribution in [2.45, 2.75) is 11.3 Å². The molecule has 0 unspecified atom stereocenters. The molecule has 0 saturated carbocycles. The monoisotopic (exact) mass is 423 g/mol. The maximum atomic E-state index is 11.3.